The molecule has 1 heterocycles. The maximum Gasteiger partial charge on any atom is 0.191 e. The van der Waals surface area contributed by atoms with Crippen LogP contribution in [0.15, 0.2) is 23.2 Å². The zero-order valence-electron chi connectivity index (χ0n) is 18.6. The number of halogens is 1. The lowest BCUT2D eigenvalue weighted by Gasteiger charge is -2.46. The van der Waals surface area contributed by atoms with Crippen molar-refractivity contribution in [2.45, 2.75) is 56.0 Å². The predicted octanol–water partition coefficient (Wildman–Crippen LogP) is 2.56. The molecule has 0 spiro atoms. The van der Waals surface area contributed by atoms with Crippen molar-refractivity contribution in [2.24, 2.45) is 22.4 Å². The van der Waals surface area contributed by atoms with Crippen LogP contribution in [0.3, 0.4) is 0 Å². The zero-order valence-corrected chi connectivity index (χ0v) is 18.6. The number of hydrogen-bond acceptors (Lipinski definition) is 5. The summed E-state index contributed by atoms with van der Waals surface area (Å²) in [6.45, 7) is 0.812. The molecule has 0 bridgehead atoms. The molecular formula is C23H35FN4O3. The first-order chi connectivity index (χ1) is 14.8. The molecule has 4 N–H and O–H groups in total. The first-order valence-corrected chi connectivity index (χ1v) is 11.1. The predicted molar refractivity (Wildman–Crippen MR) is 118 cm³/mol. The number of carbonyl (C=O) groups excluding carboxylic acids is 1. The molecule has 3 fully saturated rings. The maximum atomic E-state index is 15.0. The molecule has 1 aromatic carbocycles. The fourth-order valence-electron chi connectivity index (χ4n) is 3.56. The molecule has 2 atom stereocenters. The van der Waals surface area contributed by atoms with Gasteiger partial charge in [-0.1, -0.05) is 25.7 Å². The van der Waals surface area contributed by atoms with Gasteiger partial charge in [0.2, 0.25) is 0 Å². The molecule has 1 aromatic rings. The van der Waals surface area contributed by atoms with Gasteiger partial charge in [-0.05, 0) is 43.4 Å². The molecule has 172 valence electrons. The van der Waals surface area contributed by atoms with Crippen LogP contribution in [-0.4, -0.2) is 56.6 Å². The molecule has 2 aliphatic carbocycles. The quantitative estimate of drug-likeness (QED) is 0.405. The van der Waals surface area contributed by atoms with Crippen LogP contribution in [0.5, 0.6) is 5.75 Å². The van der Waals surface area contributed by atoms with Gasteiger partial charge < -0.3 is 30.6 Å². The Kier molecular flexibility index (Phi) is 7.54. The Balaban J connectivity index is 0.000000834. The average Bonchev–Trinajstić information content (AvgIpc) is 3.59. The molecule has 1 aliphatic heterocycles. The van der Waals surface area contributed by atoms with E-state index in [1.165, 1.54) is 31.7 Å². The van der Waals surface area contributed by atoms with Crippen molar-refractivity contribution in [3.05, 3.63) is 29.6 Å². The Bertz CT molecular complexity index is 794. The lowest BCUT2D eigenvalue weighted by molar-refractivity contribution is -0.120. The number of benzene rings is 1. The Labute approximate surface area is 184 Å². The second kappa shape index (κ2) is 9.96. The van der Waals surface area contributed by atoms with Crippen molar-refractivity contribution in [3.8, 4) is 5.75 Å². The number of nitrogens with zero attached hydrogens (tertiary/aromatic N) is 2. The smallest absolute Gasteiger partial charge is 0.191 e. The molecule has 4 rings (SSSR count). The number of carbonyl (C=O) groups is 1. The summed E-state index contributed by atoms with van der Waals surface area (Å²) in [4.78, 5) is 18.1. The molecule has 2 saturated carbocycles. The fraction of sp³-hybridized carbons (Fsp3) is 0.652. The summed E-state index contributed by atoms with van der Waals surface area (Å²) < 4.78 is 26.5. The third-order valence-electron chi connectivity index (χ3n) is 6.16. The van der Waals surface area contributed by atoms with Crippen molar-refractivity contribution in [2.75, 3.05) is 33.9 Å². The summed E-state index contributed by atoms with van der Waals surface area (Å²) >= 11 is 0. The molecule has 7 nitrogen and oxygen atoms in total. The highest BCUT2D eigenvalue weighted by atomic mass is 19.1. The number of aldehydes is 1. The van der Waals surface area contributed by atoms with E-state index in [2.05, 4.69) is 4.99 Å². The van der Waals surface area contributed by atoms with Gasteiger partial charge >= 0.3 is 0 Å². The van der Waals surface area contributed by atoms with Crippen LogP contribution in [-0.2, 0) is 15.1 Å². The van der Waals surface area contributed by atoms with Crippen LogP contribution >= 0.6 is 0 Å². The molecule has 8 heteroatoms. The van der Waals surface area contributed by atoms with Crippen molar-refractivity contribution in [1.82, 2.24) is 4.90 Å². The van der Waals surface area contributed by atoms with Crippen LogP contribution in [0, 0.1) is 11.7 Å². The van der Waals surface area contributed by atoms with E-state index < -0.39 is 16.9 Å². The number of rotatable bonds is 6. The Morgan fingerprint density at radius 3 is 2.58 bits per heavy atom. The van der Waals surface area contributed by atoms with E-state index in [0.717, 1.165) is 12.8 Å². The highest BCUT2D eigenvalue weighted by molar-refractivity contribution is 5.80. The van der Waals surface area contributed by atoms with E-state index in [9.17, 15) is 4.79 Å². The van der Waals surface area contributed by atoms with Crippen molar-refractivity contribution < 1.29 is 18.7 Å². The third-order valence-corrected chi connectivity index (χ3v) is 6.16. The number of nitrogens with two attached hydrogens (primary N) is 2. The van der Waals surface area contributed by atoms with Gasteiger partial charge in [-0.15, -0.1) is 0 Å². The molecule has 1 saturated heterocycles. The average molecular weight is 435 g/mol. The van der Waals surface area contributed by atoms with Gasteiger partial charge in [-0.3, -0.25) is 0 Å². The lowest BCUT2D eigenvalue weighted by atomic mass is 9.71. The number of aliphatic imine (C=N–C) groups is 1. The van der Waals surface area contributed by atoms with E-state index in [-0.39, 0.29) is 31.2 Å². The number of hydrogen-bond donors (Lipinski definition) is 2. The van der Waals surface area contributed by atoms with E-state index in [4.69, 9.17) is 20.9 Å². The number of ether oxygens (including phenoxy) is 2. The minimum Gasteiger partial charge on any atom is -0.493 e. The van der Waals surface area contributed by atoms with Gasteiger partial charge in [0.05, 0.1) is 13.2 Å². The summed E-state index contributed by atoms with van der Waals surface area (Å²) in [7, 11) is 3.42. The summed E-state index contributed by atoms with van der Waals surface area (Å²) in [6, 6.07) is 4.46. The zero-order chi connectivity index (χ0) is 22.5. The first kappa shape index (κ1) is 23.5. The van der Waals surface area contributed by atoms with Crippen LogP contribution in [0.25, 0.3) is 0 Å². The Morgan fingerprint density at radius 1 is 1.32 bits per heavy atom. The molecule has 31 heavy (non-hydrogen) atoms. The topological polar surface area (TPSA) is 103 Å². The monoisotopic (exact) mass is 434 g/mol. The first-order valence-electron chi connectivity index (χ1n) is 11.1. The second-order valence-electron chi connectivity index (χ2n) is 9.00. The summed E-state index contributed by atoms with van der Waals surface area (Å²) in [5.41, 5.74) is 9.71. The molecular weight excluding hydrogens is 399 g/mol. The summed E-state index contributed by atoms with van der Waals surface area (Å²) in [6.07, 6.45) is 8.84. The number of guanidine groups is 1. The van der Waals surface area contributed by atoms with Gasteiger partial charge in [-0.2, -0.15) is 0 Å². The SMILES string of the molecule is C1CC1.CN(C)C(N)=NC1(c2cc(OCC3CCC3)ccc2F)COCCC1(N)C=O. The Morgan fingerprint density at radius 2 is 2.03 bits per heavy atom. The van der Waals surface area contributed by atoms with Crippen LogP contribution in [0.2, 0.25) is 0 Å². The highest BCUT2D eigenvalue weighted by Crippen LogP contribution is 2.42. The van der Waals surface area contributed by atoms with Crippen LogP contribution < -0.4 is 16.2 Å². The van der Waals surface area contributed by atoms with Gasteiger partial charge in [0, 0.05) is 26.3 Å². The molecule has 0 aromatic heterocycles. The molecule has 0 amide bonds. The third kappa shape index (κ3) is 5.36. The van der Waals surface area contributed by atoms with Gasteiger partial charge in [0.25, 0.3) is 0 Å². The van der Waals surface area contributed by atoms with Crippen LogP contribution in [0.4, 0.5) is 4.39 Å². The Hall–Kier alpha value is -2.19. The summed E-state index contributed by atoms with van der Waals surface area (Å²) in [5.74, 6) is 0.641. The van der Waals surface area contributed by atoms with Gasteiger partial charge in [0.1, 0.15) is 28.9 Å². The summed E-state index contributed by atoms with van der Waals surface area (Å²) in [5, 5.41) is 0. The maximum absolute atomic E-state index is 15.0. The van der Waals surface area contributed by atoms with E-state index in [1.54, 1.807) is 31.1 Å². The molecule has 0 radical (unpaired) electrons. The van der Waals surface area contributed by atoms with Crippen molar-refractivity contribution in [1.29, 1.82) is 0 Å². The molecule has 2 unspecified atom stereocenters. The van der Waals surface area contributed by atoms with Crippen molar-refractivity contribution in [3.63, 3.8) is 0 Å². The molecule has 3 aliphatic rings. The highest BCUT2D eigenvalue weighted by Gasteiger charge is 2.55. The van der Waals surface area contributed by atoms with Gasteiger partial charge in [-0.25, -0.2) is 9.38 Å². The van der Waals surface area contributed by atoms with E-state index in [0.29, 0.717) is 24.6 Å². The van der Waals surface area contributed by atoms with Crippen molar-refractivity contribution >= 4 is 12.2 Å². The van der Waals surface area contributed by atoms with E-state index >= 15 is 4.39 Å². The normalized spacial score (nSPS) is 28.1. The minimum atomic E-state index is -1.48. The lowest BCUT2D eigenvalue weighted by Crippen LogP contribution is -2.65. The minimum absolute atomic E-state index is 0.0558. The standard InChI is InChI=1S/C20H29FN4O3.C3H6/c1-25(2)18(22)24-20(13-27-9-8-19(20,23)12-26)16-10-15(6-7-17(16)21)28-11-14-4-3-5-14;1-2-3-1/h6-7,10,12,14H,3-5,8-9,11,13,23H2,1-2H3,(H2,22,24);1-3H2. The largest absolute Gasteiger partial charge is 0.493 e. The second-order valence-corrected chi connectivity index (χ2v) is 9.00. The van der Waals surface area contributed by atoms with Crippen LogP contribution in [0.1, 0.15) is 50.5 Å². The van der Waals surface area contributed by atoms with Gasteiger partial charge in [0.15, 0.2) is 5.96 Å². The fourth-order valence-corrected chi connectivity index (χ4v) is 3.56. The van der Waals surface area contributed by atoms with E-state index in [1.807, 2.05) is 0 Å².